The molecule has 1 aliphatic heterocycles. The van der Waals surface area contributed by atoms with E-state index in [0.717, 1.165) is 12.0 Å². The van der Waals surface area contributed by atoms with E-state index in [9.17, 15) is 14.4 Å². The summed E-state index contributed by atoms with van der Waals surface area (Å²) in [7, 11) is 1.50. The minimum Gasteiger partial charge on any atom is -0.493 e. The molecule has 38 heavy (non-hydrogen) atoms. The number of pyridine rings is 1. The third-order valence-corrected chi connectivity index (χ3v) is 5.72. The average Bonchev–Trinajstić information content (AvgIpc) is 3.33. The van der Waals surface area contributed by atoms with E-state index in [1.807, 2.05) is 4.90 Å². The molecule has 1 aliphatic rings. The first-order valence-corrected chi connectivity index (χ1v) is 12.5. The SMILES string of the molecule is COc1cccnc1NC(=O)Nc1ccc(CC(=O)NC(CC(C)C)N2C=NN(CCCC(=O)O)C2)cc1. The van der Waals surface area contributed by atoms with Gasteiger partial charge in [0, 0.05) is 24.8 Å². The van der Waals surface area contributed by atoms with E-state index in [-0.39, 0.29) is 24.9 Å². The summed E-state index contributed by atoms with van der Waals surface area (Å²) in [5.41, 5.74) is 1.36. The van der Waals surface area contributed by atoms with E-state index in [1.165, 1.54) is 7.11 Å². The number of urea groups is 1. The number of carboxylic acid groups (broad SMARTS) is 1. The lowest BCUT2D eigenvalue weighted by molar-refractivity contribution is -0.137. The Kier molecular flexibility index (Phi) is 10.3. The highest BCUT2D eigenvalue weighted by atomic mass is 16.5. The smallest absolute Gasteiger partial charge is 0.324 e. The first-order valence-electron chi connectivity index (χ1n) is 12.5. The fourth-order valence-electron chi connectivity index (χ4n) is 3.89. The molecule has 3 rings (SSSR count). The maximum Gasteiger partial charge on any atom is 0.324 e. The monoisotopic (exact) mass is 525 g/mol. The molecule has 0 spiro atoms. The molecule has 4 N–H and O–H groups in total. The molecular formula is C26H35N7O5. The first kappa shape index (κ1) is 28.2. The van der Waals surface area contributed by atoms with Gasteiger partial charge in [-0.2, -0.15) is 5.10 Å². The third kappa shape index (κ3) is 8.95. The van der Waals surface area contributed by atoms with E-state index in [0.29, 0.717) is 42.8 Å². The Hall–Kier alpha value is -4.35. The number of ether oxygens (including phenoxy) is 1. The Morgan fingerprint density at radius 2 is 1.89 bits per heavy atom. The number of rotatable bonds is 13. The number of aliphatic carboxylic acids is 1. The van der Waals surface area contributed by atoms with Gasteiger partial charge in [-0.3, -0.25) is 19.9 Å². The molecule has 204 valence electrons. The zero-order chi connectivity index (χ0) is 27.5. The second-order valence-electron chi connectivity index (χ2n) is 9.33. The number of amides is 3. The number of carbonyl (C=O) groups is 3. The predicted octanol–water partition coefficient (Wildman–Crippen LogP) is 3.15. The van der Waals surface area contributed by atoms with Crippen LogP contribution >= 0.6 is 0 Å². The molecule has 0 radical (unpaired) electrons. The topological polar surface area (TPSA) is 148 Å². The lowest BCUT2D eigenvalue weighted by Crippen LogP contribution is -2.49. The van der Waals surface area contributed by atoms with E-state index in [4.69, 9.17) is 9.84 Å². The Morgan fingerprint density at radius 1 is 1.13 bits per heavy atom. The molecule has 0 bridgehead atoms. The summed E-state index contributed by atoms with van der Waals surface area (Å²) in [5.74, 6) is 0.146. The van der Waals surface area contributed by atoms with Gasteiger partial charge in [-0.15, -0.1) is 0 Å². The van der Waals surface area contributed by atoms with Crippen LogP contribution in [0.1, 0.15) is 38.7 Å². The number of benzene rings is 1. The van der Waals surface area contributed by atoms with Crippen LogP contribution in [0, 0.1) is 5.92 Å². The highest BCUT2D eigenvalue weighted by Crippen LogP contribution is 2.20. The van der Waals surface area contributed by atoms with Gasteiger partial charge in [0.1, 0.15) is 19.2 Å². The van der Waals surface area contributed by atoms with Crippen LogP contribution in [-0.4, -0.2) is 70.7 Å². The fourth-order valence-corrected chi connectivity index (χ4v) is 3.89. The van der Waals surface area contributed by atoms with Gasteiger partial charge in [0.2, 0.25) is 5.91 Å². The van der Waals surface area contributed by atoms with Crippen LogP contribution < -0.4 is 20.7 Å². The van der Waals surface area contributed by atoms with Crippen molar-refractivity contribution in [2.75, 3.05) is 31.0 Å². The van der Waals surface area contributed by atoms with Crippen LogP contribution in [0.2, 0.25) is 0 Å². The van der Waals surface area contributed by atoms with Gasteiger partial charge in [-0.1, -0.05) is 26.0 Å². The molecule has 0 fully saturated rings. The van der Waals surface area contributed by atoms with Crippen LogP contribution in [0.15, 0.2) is 47.7 Å². The van der Waals surface area contributed by atoms with Crippen molar-refractivity contribution in [1.29, 1.82) is 0 Å². The standard InChI is InChI=1S/C26H35N7O5/c1-18(2)14-22(32-16-28-33(17-32)13-5-7-24(35)36)30-23(34)15-19-8-10-20(11-9-19)29-26(37)31-25-21(38-3)6-4-12-27-25/h4,6,8-12,16,18,22H,5,7,13-15,17H2,1-3H3,(H,30,34)(H,35,36)(H2,27,29,31,37). The van der Waals surface area contributed by atoms with Gasteiger partial charge in [0.25, 0.3) is 0 Å². The van der Waals surface area contributed by atoms with Crippen molar-refractivity contribution < 1.29 is 24.2 Å². The number of nitrogens with one attached hydrogen (secondary N) is 3. The Morgan fingerprint density at radius 3 is 2.58 bits per heavy atom. The molecule has 12 nitrogen and oxygen atoms in total. The molecule has 1 aromatic heterocycles. The van der Waals surface area contributed by atoms with E-state index < -0.39 is 12.0 Å². The number of hydrazone groups is 1. The van der Waals surface area contributed by atoms with Crippen molar-refractivity contribution in [2.45, 2.75) is 45.7 Å². The number of aromatic nitrogens is 1. The van der Waals surface area contributed by atoms with Crippen molar-refractivity contribution in [3.8, 4) is 5.75 Å². The normalized spacial score (nSPS) is 13.4. The summed E-state index contributed by atoms with van der Waals surface area (Å²) in [6, 6.07) is 9.97. The minimum absolute atomic E-state index is 0.0934. The molecule has 1 atom stereocenters. The quantitative estimate of drug-likeness (QED) is 0.312. The number of hydrogen-bond donors (Lipinski definition) is 4. The number of hydrogen-bond acceptors (Lipinski definition) is 8. The number of methoxy groups -OCH3 is 1. The van der Waals surface area contributed by atoms with E-state index in [1.54, 1.807) is 53.9 Å². The molecule has 12 heteroatoms. The van der Waals surface area contributed by atoms with Gasteiger partial charge in [-0.05, 0) is 48.6 Å². The zero-order valence-corrected chi connectivity index (χ0v) is 21.9. The average molecular weight is 526 g/mol. The van der Waals surface area contributed by atoms with Crippen LogP contribution in [0.3, 0.4) is 0 Å². The minimum atomic E-state index is -0.827. The molecular weight excluding hydrogens is 490 g/mol. The molecule has 1 aromatic carbocycles. The van der Waals surface area contributed by atoms with Gasteiger partial charge >= 0.3 is 12.0 Å². The predicted molar refractivity (Wildman–Crippen MR) is 144 cm³/mol. The molecule has 3 amide bonds. The molecule has 1 unspecified atom stereocenters. The van der Waals surface area contributed by atoms with Crippen molar-refractivity contribution in [2.24, 2.45) is 11.0 Å². The van der Waals surface area contributed by atoms with E-state index in [2.05, 4.69) is 39.9 Å². The Bertz CT molecular complexity index is 1120. The Labute approximate surface area is 222 Å². The summed E-state index contributed by atoms with van der Waals surface area (Å²) in [6.07, 6.45) is 4.53. The van der Waals surface area contributed by atoms with Crippen LogP contribution in [-0.2, 0) is 16.0 Å². The Balaban J connectivity index is 1.50. The highest BCUT2D eigenvalue weighted by Gasteiger charge is 2.24. The van der Waals surface area contributed by atoms with Crippen LogP contribution in [0.4, 0.5) is 16.3 Å². The van der Waals surface area contributed by atoms with Crippen molar-refractivity contribution in [3.05, 3.63) is 48.2 Å². The van der Waals surface area contributed by atoms with Gasteiger partial charge < -0.3 is 25.4 Å². The van der Waals surface area contributed by atoms with Crippen molar-refractivity contribution >= 4 is 35.8 Å². The second-order valence-corrected chi connectivity index (χ2v) is 9.33. The van der Waals surface area contributed by atoms with E-state index >= 15 is 0 Å². The van der Waals surface area contributed by atoms with Gasteiger partial charge in [0.05, 0.1) is 13.5 Å². The molecule has 0 saturated heterocycles. The van der Waals surface area contributed by atoms with Crippen molar-refractivity contribution in [1.82, 2.24) is 20.2 Å². The highest BCUT2D eigenvalue weighted by molar-refractivity contribution is 6.00. The molecule has 0 saturated carbocycles. The summed E-state index contributed by atoms with van der Waals surface area (Å²) >= 11 is 0. The lowest BCUT2D eigenvalue weighted by atomic mass is 10.1. The van der Waals surface area contributed by atoms with Gasteiger partial charge in [-0.25, -0.2) is 9.78 Å². The van der Waals surface area contributed by atoms with Crippen molar-refractivity contribution in [3.63, 3.8) is 0 Å². The first-order chi connectivity index (χ1) is 18.2. The largest absolute Gasteiger partial charge is 0.493 e. The fraction of sp³-hybridized carbons (Fsp3) is 0.423. The third-order valence-electron chi connectivity index (χ3n) is 5.72. The summed E-state index contributed by atoms with van der Waals surface area (Å²) in [5, 5.41) is 23.4. The summed E-state index contributed by atoms with van der Waals surface area (Å²) < 4.78 is 5.18. The van der Waals surface area contributed by atoms with Gasteiger partial charge in [0.15, 0.2) is 11.6 Å². The molecule has 2 aromatic rings. The molecule has 2 heterocycles. The maximum absolute atomic E-state index is 12.9. The zero-order valence-electron chi connectivity index (χ0n) is 21.9. The van der Waals surface area contributed by atoms with Crippen LogP contribution in [0.25, 0.3) is 0 Å². The van der Waals surface area contributed by atoms with Crippen LogP contribution in [0.5, 0.6) is 5.75 Å². The summed E-state index contributed by atoms with van der Waals surface area (Å²) in [4.78, 5) is 42.0. The lowest BCUT2D eigenvalue weighted by Gasteiger charge is -2.30. The second kappa shape index (κ2) is 13.8. The molecule has 0 aliphatic carbocycles. The number of nitrogens with zero attached hydrogens (tertiary/aromatic N) is 4. The number of anilines is 2. The maximum atomic E-state index is 12.9. The summed E-state index contributed by atoms with van der Waals surface area (Å²) in [6.45, 7) is 5.20. The number of carbonyl (C=O) groups excluding carboxylic acids is 2. The number of carboxylic acids is 1.